The monoisotopic (exact) mass is 241 g/mol. The number of rotatable bonds is 3. The van der Waals surface area contributed by atoms with E-state index in [2.05, 4.69) is 23.2 Å². The van der Waals surface area contributed by atoms with Crippen molar-refractivity contribution < 1.29 is 5.11 Å². The molecule has 94 valence electrons. The van der Waals surface area contributed by atoms with Crippen molar-refractivity contribution in [1.82, 2.24) is 4.98 Å². The quantitative estimate of drug-likeness (QED) is 0.895. The van der Waals surface area contributed by atoms with E-state index in [1.54, 1.807) is 6.20 Å². The zero-order valence-corrected chi connectivity index (χ0v) is 11.1. The smallest absolute Gasteiger partial charge is 0.0926 e. The molecular weight excluding hydrogens is 222 g/mol. The SMILES string of the molecule is Cc1ccc(C)c(C(C)(O)Cc2ccccn2)c1. The molecule has 0 saturated carbocycles. The van der Waals surface area contributed by atoms with Crippen molar-refractivity contribution in [2.75, 3.05) is 0 Å². The fourth-order valence-corrected chi connectivity index (χ4v) is 2.27. The molecule has 0 bridgehead atoms. The predicted molar refractivity (Wildman–Crippen MR) is 73.4 cm³/mol. The van der Waals surface area contributed by atoms with E-state index in [0.29, 0.717) is 6.42 Å². The summed E-state index contributed by atoms with van der Waals surface area (Å²) in [5.74, 6) is 0. The van der Waals surface area contributed by atoms with Gasteiger partial charge in [0.2, 0.25) is 0 Å². The zero-order chi connectivity index (χ0) is 13.2. The largest absolute Gasteiger partial charge is 0.385 e. The summed E-state index contributed by atoms with van der Waals surface area (Å²) < 4.78 is 0. The maximum Gasteiger partial charge on any atom is 0.0926 e. The number of nitrogens with zero attached hydrogens (tertiary/aromatic N) is 1. The molecule has 1 N–H and O–H groups in total. The number of aryl methyl sites for hydroxylation is 2. The van der Waals surface area contributed by atoms with Gasteiger partial charge in [0.15, 0.2) is 0 Å². The molecule has 1 heterocycles. The van der Waals surface area contributed by atoms with E-state index in [4.69, 9.17) is 0 Å². The molecule has 0 aliphatic rings. The minimum absolute atomic E-state index is 0.526. The van der Waals surface area contributed by atoms with Crippen LogP contribution in [0.5, 0.6) is 0 Å². The Morgan fingerprint density at radius 3 is 2.61 bits per heavy atom. The summed E-state index contributed by atoms with van der Waals surface area (Å²) in [6, 6.07) is 11.9. The molecule has 1 aromatic carbocycles. The number of pyridine rings is 1. The van der Waals surface area contributed by atoms with Crippen LogP contribution in [-0.4, -0.2) is 10.1 Å². The Morgan fingerprint density at radius 1 is 1.17 bits per heavy atom. The van der Waals surface area contributed by atoms with E-state index in [1.165, 1.54) is 0 Å². The highest BCUT2D eigenvalue weighted by atomic mass is 16.3. The van der Waals surface area contributed by atoms with Gasteiger partial charge in [0.1, 0.15) is 0 Å². The van der Waals surface area contributed by atoms with Gasteiger partial charge in [-0.1, -0.05) is 29.8 Å². The zero-order valence-electron chi connectivity index (χ0n) is 11.1. The lowest BCUT2D eigenvalue weighted by atomic mass is 9.87. The molecule has 0 fully saturated rings. The molecule has 18 heavy (non-hydrogen) atoms. The molecule has 2 heteroatoms. The van der Waals surface area contributed by atoms with Crippen molar-refractivity contribution in [3.8, 4) is 0 Å². The van der Waals surface area contributed by atoms with Gasteiger partial charge in [0, 0.05) is 18.3 Å². The topological polar surface area (TPSA) is 33.1 Å². The molecule has 0 amide bonds. The van der Waals surface area contributed by atoms with E-state index in [9.17, 15) is 5.11 Å². The normalized spacial score (nSPS) is 14.2. The molecule has 0 aliphatic heterocycles. The van der Waals surface area contributed by atoms with Crippen LogP contribution in [0.25, 0.3) is 0 Å². The third-order valence-electron chi connectivity index (χ3n) is 3.22. The molecule has 1 atom stereocenters. The van der Waals surface area contributed by atoms with E-state index < -0.39 is 5.60 Å². The number of benzene rings is 1. The van der Waals surface area contributed by atoms with Gasteiger partial charge in [-0.2, -0.15) is 0 Å². The van der Waals surface area contributed by atoms with Crippen LogP contribution in [0.1, 0.15) is 29.3 Å². The van der Waals surface area contributed by atoms with Crippen molar-refractivity contribution >= 4 is 0 Å². The highest BCUT2D eigenvalue weighted by Crippen LogP contribution is 2.28. The second kappa shape index (κ2) is 4.91. The van der Waals surface area contributed by atoms with Crippen LogP contribution >= 0.6 is 0 Å². The molecule has 2 nitrogen and oxygen atoms in total. The lowest BCUT2D eigenvalue weighted by Crippen LogP contribution is -2.26. The predicted octanol–water partition coefficient (Wildman–Crippen LogP) is 3.15. The lowest BCUT2D eigenvalue weighted by molar-refractivity contribution is 0.0559. The van der Waals surface area contributed by atoms with Crippen LogP contribution < -0.4 is 0 Å². The van der Waals surface area contributed by atoms with Gasteiger partial charge in [-0.15, -0.1) is 0 Å². The Labute approximate surface area is 108 Å². The van der Waals surface area contributed by atoms with Gasteiger partial charge >= 0.3 is 0 Å². The van der Waals surface area contributed by atoms with Crippen LogP contribution in [0, 0.1) is 13.8 Å². The molecule has 0 radical (unpaired) electrons. The van der Waals surface area contributed by atoms with Crippen LogP contribution in [0.2, 0.25) is 0 Å². The third-order valence-corrected chi connectivity index (χ3v) is 3.22. The van der Waals surface area contributed by atoms with Crippen molar-refractivity contribution in [1.29, 1.82) is 0 Å². The first-order valence-electron chi connectivity index (χ1n) is 6.19. The number of aliphatic hydroxyl groups is 1. The average Bonchev–Trinajstić information content (AvgIpc) is 2.33. The van der Waals surface area contributed by atoms with Gasteiger partial charge in [-0.25, -0.2) is 0 Å². The van der Waals surface area contributed by atoms with Gasteiger partial charge in [-0.3, -0.25) is 4.98 Å². The van der Waals surface area contributed by atoms with Crippen LogP contribution in [0.4, 0.5) is 0 Å². The van der Waals surface area contributed by atoms with Crippen molar-refractivity contribution in [3.63, 3.8) is 0 Å². The number of aromatic nitrogens is 1. The van der Waals surface area contributed by atoms with Crippen LogP contribution in [0.15, 0.2) is 42.6 Å². The average molecular weight is 241 g/mol. The second-order valence-electron chi connectivity index (χ2n) is 5.09. The molecule has 2 rings (SSSR count). The molecular formula is C16H19NO. The van der Waals surface area contributed by atoms with E-state index in [1.807, 2.05) is 39.0 Å². The minimum Gasteiger partial charge on any atom is -0.385 e. The van der Waals surface area contributed by atoms with Crippen LogP contribution in [-0.2, 0) is 12.0 Å². The Balaban J connectivity index is 2.33. The summed E-state index contributed by atoms with van der Waals surface area (Å²) in [4.78, 5) is 4.28. The standard InChI is InChI=1S/C16H19NO/c1-12-7-8-13(2)15(10-12)16(3,18)11-14-6-4-5-9-17-14/h4-10,18H,11H2,1-3H3. The molecule has 0 spiro atoms. The summed E-state index contributed by atoms with van der Waals surface area (Å²) in [6.45, 7) is 5.92. The lowest BCUT2D eigenvalue weighted by Gasteiger charge is -2.26. The van der Waals surface area contributed by atoms with Crippen molar-refractivity contribution in [3.05, 3.63) is 65.0 Å². The fraction of sp³-hybridized carbons (Fsp3) is 0.312. The summed E-state index contributed by atoms with van der Waals surface area (Å²) in [6.07, 6.45) is 2.28. The second-order valence-corrected chi connectivity index (χ2v) is 5.09. The van der Waals surface area contributed by atoms with Gasteiger partial charge < -0.3 is 5.11 Å². The highest BCUT2D eigenvalue weighted by Gasteiger charge is 2.25. The van der Waals surface area contributed by atoms with Crippen LogP contribution in [0.3, 0.4) is 0 Å². The number of hydrogen-bond donors (Lipinski definition) is 1. The Hall–Kier alpha value is -1.67. The summed E-state index contributed by atoms with van der Waals surface area (Å²) in [5.41, 5.74) is 3.28. The third kappa shape index (κ3) is 2.77. The molecule has 0 aliphatic carbocycles. The Morgan fingerprint density at radius 2 is 1.94 bits per heavy atom. The molecule has 2 aromatic rings. The van der Waals surface area contributed by atoms with E-state index in [0.717, 1.165) is 22.4 Å². The summed E-state index contributed by atoms with van der Waals surface area (Å²) >= 11 is 0. The van der Waals surface area contributed by atoms with E-state index >= 15 is 0 Å². The number of hydrogen-bond acceptors (Lipinski definition) is 2. The molecule has 1 unspecified atom stereocenters. The van der Waals surface area contributed by atoms with Gasteiger partial charge in [0.25, 0.3) is 0 Å². The maximum atomic E-state index is 10.7. The van der Waals surface area contributed by atoms with Gasteiger partial charge in [0.05, 0.1) is 5.60 Å². The first-order valence-corrected chi connectivity index (χ1v) is 6.19. The Kier molecular flexibility index (Phi) is 3.48. The summed E-state index contributed by atoms with van der Waals surface area (Å²) in [7, 11) is 0. The molecule has 0 saturated heterocycles. The van der Waals surface area contributed by atoms with E-state index in [-0.39, 0.29) is 0 Å². The first-order chi connectivity index (χ1) is 8.49. The van der Waals surface area contributed by atoms with Gasteiger partial charge in [-0.05, 0) is 44.0 Å². The summed E-state index contributed by atoms with van der Waals surface area (Å²) in [5, 5.41) is 10.7. The van der Waals surface area contributed by atoms with Crippen molar-refractivity contribution in [2.45, 2.75) is 32.8 Å². The highest BCUT2D eigenvalue weighted by molar-refractivity contribution is 5.35. The fourth-order valence-electron chi connectivity index (χ4n) is 2.27. The first kappa shape index (κ1) is 12.8. The Bertz CT molecular complexity index is 532. The molecule has 1 aromatic heterocycles. The van der Waals surface area contributed by atoms with Crippen molar-refractivity contribution in [2.24, 2.45) is 0 Å². The minimum atomic E-state index is -0.884. The maximum absolute atomic E-state index is 10.7.